The van der Waals surface area contributed by atoms with Gasteiger partial charge >= 0.3 is 0 Å². The SMILES string of the molecule is Cc1cc2c(OCCO)nc(NN)nc2s1. The number of ether oxygens (including phenoxy) is 1. The number of aliphatic hydroxyl groups is 1. The van der Waals surface area contributed by atoms with Crippen LogP contribution in [-0.2, 0) is 0 Å². The maximum Gasteiger partial charge on any atom is 0.241 e. The molecule has 0 fully saturated rings. The van der Waals surface area contributed by atoms with Gasteiger partial charge in [-0.1, -0.05) is 0 Å². The van der Waals surface area contributed by atoms with Crippen molar-refractivity contribution in [3.63, 3.8) is 0 Å². The highest BCUT2D eigenvalue weighted by atomic mass is 32.1. The predicted octanol–water partition coefficient (Wildman–Crippen LogP) is 0.656. The van der Waals surface area contributed by atoms with Gasteiger partial charge in [-0.3, -0.25) is 5.43 Å². The van der Waals surface area contributed by atoms with Gasteiger partial charge in [0, 0.05) is 4.88 Å². The van der Waals surface area contributed by atoms with E-state index in [1.807, 2.05) is 13.0 Å². The van der Waals surface area contributed by atoms with Crippen LogP contribution in [0.15, 0.2) is 6.07 Å². The third-order valence-corrected chi connectivity index (χ3v) is 2.88. The summed E-state index contributed by atoms with van der Waals surface area (Å²) in [5, 5.41) is 9.57. The van der Waals surface area contributed by atoms with Gasteiger partial charge in [0.1, 0.15) is 11.4 Å². The fraction of sp³-hybridized carbons (Fsp3) is 0.333. The van der Waals surface area contributed by atoms with Crippen LogP contribution in [0.5, 0.6) is 5.88 Å². The van der Waals surface area contributed by atoms with E-state index in [1.54, 1.807) is 11.3 Å². The molecule has 2 heterocycles. The third-order valence-electron chi connectivity index (χ3n) is 1.94. The summed E-state index contributed by atoms with van der Waals surface area (Å²) in [7, 11) is 0. The van der Waals surface area contributed by atoms with Gasteiger partial charge in [-0.25, -0.2) is 10.8 Å². The molecule has 0 amide bonds. The van der Waals surface area contributed by atoms with Crippen molar-refractivity contribution in [3.8, 4) is 5.88 Å². The highest BCUT2D eigenvalue weighted by molar-refractivity contribution is 7.18. The van der Waals surface area contributed by atoms with E-state index in [9.17, 15) is 0 Å². The molecule has 7 heteroatoms. The number of hydrazine groups is 1. The van der Waals surface area contributed by atoms with Gasteiger partial charge in [0.05, 0.1) is 12.0 Å². The number of anilines is 1. The second-order valence-corrected chi connectivity index (χ2v) is 4.38. The lowest BCUT2D eigenvalue weighted by atomic mass is 10.3. The number of nitrogens with one attached hydrogen (secondary N) is 1. The lowest BCUT2D eigenvalue weighted by Gasteiger charge is -2.06. The van der Waals surface area contributed by atoms with Gasteiger partial charge in [0.2, 0.25) is 11.8 Å². The van der Waals surface area contributed by atoms with Gasteiger partial charge in [0.15, 0.2) is 0 Å². The van der Waals surface area contributed by atoms with E-state index in [-0.39, 0.29) is 13.2 Å². The van der Waals surface area contributed by atoms with Crippen molar-refractivity contribution in [2.75, 3.05) is 18.6 Å². The summed E-state index contributed by atoms with van der Waals surface area (Å²) in [4.78, 5) is 10.2. The van der Waals surface area contributed by atoms with E-state index >= 15 is 0 Å². The molecule has 0 unspecified atom stereocenters. The monoisotopic (exact) mass is 240 g/mol. The maximum absolute atomic E-state index is 8.73. The van der Waals surface area contributed by atoms with Gasteiger partial charge < -0.3 is 9.84 Å². The summed E-state index contributed by atoms with van der Waals surface area (Å²) in [6.45, 7) is 2.13. The van der Waals surface area contributed by atoms with Crippen molar-refractivity contribution in [2.24, 2.45) is 5.84 Å². The zero-order chi connectivity index (χ0) is 11.5. The van der Waals surface area contributed by atoms with Gasteiger partial charge in [-0.05, 0) is 13.0 Å². The Morgan fingerprint density at radius 2 is 2.38 bits per heavy atom. The summed E-state index contributed by atoms with van der Waals surface area (Å²) in [5.74, 6) is 6.02. The fourth-order valence-electron chi connectivity index (χ4n) is 1.33. The number of aryl methyl sites for hydroxylation is 1. The minimum Gasteiger partial charge on any atom is -0.475 e. The number of nitrogen functional groups attached to an aromatic ring is 1. The molecule has 0 saturated heterocycles. The molecule has 0 saturated carbocycles. The molecule has 16 heavy (non-hydrogen) atoms. The van der Waals surface area contributed by atoms with Crippen LogP contribution in [0.1, 0.15) is 4.88 Å². The van der Waals surface area contributed by atoms with Crippen LogP contribution in [0.3, 0.4) is 0 Å². The summed E-state index contributed by atoms with van der Waals surface area (Å²) < 4.78 is 5.33. The van der Waals surface area contributed by atoms with Crippen molar-refractivity contribution < 1.29 is 9.84 Å². The van der Waals surface area contributed by atoms with Crippen LogP contribution in [0, 0.1) is 6.92 Å². The highest BCUT2D eigenvalue weighted by Gasteiger charge is 2.10. The van der Waals surface area contributed by atoms with Gasteiger partial charge in [0.25, 0.3) is 0 Å². The van der Waals surface area contributed by atoms with Gasteiger partial charge in [-0.15, -0.1) is 11.3 Å². The number of fused-ring (bicyclic) bond motifs is 1. The molecular formula is C9H12N4O2S. The Morgan fingerprint density at radius 3 is 3.06 bits per heavy atom. The Hall–Kier alpha value is -1.44. The molecule has 0 aliphatic rings. The Balaban J connectivity index is 2.49. The molecule has 2 aromatic heterocycles. The van der Waals surface area contributed by atoms with Crippen molar-refractivity contribution in [1.29, 1.82) is 0 Å². The average molecular weight is 240 g/mol. The Bertz CT molecular complexity index is 499. The van der Waals surface area contributed by atoms with E-state index in [4.69, 9.17) is 15.7 Å². The van der Waals surface area contributed by atoms with E-state index in [0.29, 0.717) is 11.8 Å². The first-order chi connectivity index (χ1) is 7.74. The number of hydrogen-bond donors (Lipinski definition) is 3. The average Bonchev–Trinajstić information content (AvgIpc) is 2.65. The van der Waals surface area contributed by atoms with Crippen LogP contribution in [0.4, 0.5) is 5.95 Å². The number of nitrogens with zero attached hydrogens (tertiary/aromatic N) is 2. The van der Waals surface area contributed by atoms with Crippen LogP contribution in [-0.4, -0.2) is 28.3 Å². The van der Waals surface area contributed by atoms with E-state index < -0.39 is 0 Å². The number of aromatic nitrogens is 2. The maximum atomic E-state index is 8.73. The first kappa shape index (κ1) is 11.1. The zero-order valence-corrected chi connectivity index (χ0v) is 9.54. The molecule has 2 rings (SSSR count). The number of thiophene rings is 1. The van der Waals surface area contributed by atoms with Gasteiger partial charge in [-0.2, -0.15) is 4.98 Å². The fourth-order valence-corrected chi connectivity index (χ4v) is 2.20. The minimum atomic E-state index is -0.0556. The smallest absolute Gasteiger partial charge is 0.241 e. The second-order valence-electron chi connectivity index (χ2n) is 3.14. The standard InChI is InChI=1S/C9H12N4O2S/c1-5-4-6-7(15-3-2-14)11-9(13-10)12-8(6)16-5/h4,14H,2-3,10H2,1H3,(H,11,12,13). The van der Waals surface area contributed by atoms with E-state index in [2.05, 4.69) is 15.4 Å². The number of rotatable bonds is 4. The minimum absolute atomic E-state index is 0.0556. The van der Waals surface area contributed by atoms with Crippen LogP contribution < -0.4 is 16.0 Å². The molecule has 0 aliphatic carbocycles. The zero-order valence-electron chi connectivity index (χ0n) is 8.73. The second kappa shape index (κ2) is 4.60. The molecule has 0 spiro atoms. The van der Waals surface area contributed by atoms with Crippen LogP contribution >= 0.6 is 11.3 Å². The lowest BCUT2D eigenvalue weighted by molar-refractivity contribution is 0.198. The Kier molecular flexibility index (Phi) is 3.18. The van der Waals surface area contributed by atoms with E-state index in [1.165, 1.54) is 0 Å². The largest absolute Gasteiger partial charge is 0.475 e. The molecule has 2 aromatic rings. The topological polar surface area (TPSA) is 93.3 Å². The van der Waals surface area contributed by atoms with Crippen molar-refractivity contribution in [3.05, 3.63) is 10.9 Å². The van der Waals surface area contributed by atoms with Crippen molar-refractivity contribution >= 4 is 27.5 Å². The number of hydrogen-bond acceptors (Lipinski definition) is 7. The van der Waals surface area contributed by atoms with Crippen LogP contribution in [0.25, 0.3) is 10.2 Å². The summed E-state index contributed by atoms with van der Waals surface area (Å²) >= 11 is 1.54. The molecule has 6 nitrogen and oxygen atoms in total. The predicted molar refractivity (Wildman–Crippen MR) is 62.5 cm³/mol. The quantitative estimate of drug-likeness (QED) is 0.537. The third kappa shape index (κ3) is 2.06. The summed E-state index contributed by atoms with van der Waals surface area (Å²) in [6.07, 6.45) is 0. The van der Waals surface area contributed by atoms with Crippen molar-refractivity contribution in [1.82, 2.24) is 9.97 Å². The summed E-state index contributed by atoms with van der Waals surface area (Å²) in [6, 6.07) is 1.95. The first-order valence-corrected chi connectivity index (χ1v) is 5.54. The van der Waals surface area contributed by atoms with Crippen LogP contribution in [0.2, 0.25) is 0 Å². The highest BCUT2D eigenvalue weighted by Crippen LogP contribution is 2.30. The first-order valence-electron chi connectivity index (χ1n) is 4.73. The molecule has 0 atom stereocenters. The molecule has 86 valence electrons. The Morgan fingerprint density at radius 1 is 1.56 bits per heavy atom. The molecule has 0 aromatic carbocycles. The Labute approximate surface area is 96.1 Å². The molecule has 4 N–H and O–H groups in total. The number of aliphatic hydroxyl groups excluding tert-OH is 1. The summed E-state index contributed by atoms with van der Waals surface area (Å²) in [5.41, 5.74) is 2.39. The molecule has 0 bridgehead atoms. The molecular weight excluding hydrogens is 228 g/mol. The number of nitrogens with two attached hydrogens (primary N) is 1. The normalized spacial score (nSPS) is 10.7. The van der Waals surface area contributed by atoms with E-state index in [0.717, 1.165) is 15.1 Å². The molecule has 0 radical (unpaired) electrons. The lowest BCUT2D eigenvalue weighted by Crippen LogP contribution is -2.11. The van der Waals surface area contributed by atoms with Crippen molar-refractivity contribution in [2.45, 2.75) is 6.92 Å². The molecule has 0 aliphatic heterocycles.